The highest BCUT2D eigenvalue weighted by Crippen LogP contribution is 2.26. The van der Waals surface area contributed by atoms with E-state index in [1.165, 1.54) is 0 Å². The zero-order valence-corrected chi connectivity index (χ0v) is 15.5. The molecule has 27 heavy (non-hydrogen) atoms. The summed E-state index contributed by atoms with van der Waals surface area (Å²) < 4.78 is 5.71. The number of rotatable bonds is 4. The maximum atomic E-state index is 13.3. The number of benzene rings is 1. The van der Waals surface area contributed by atoms with Crippen LogP contribution in [0.4, 0.5) is 0 Å². The minimum absolute atomic E-state index is 0.0684. The largest absolute Gasteiger partial charge is 0.378 e. The minimum atomic E-state index is 0.0684. The van der Waals surface area contributed by atoms with E-state index in [1.807, 2.05) is 54.3 Å². The number of likely N-dealkylation sites (tertiary alicyclic amines) is 1. The fourth-order valence-corrected chi connectivity index (χ4v) is 3.65. The van der Waals surface area contributed by atoms with Crippen molar-refractivity contribution in [3.63, 3.8) is 0 Å². The summed E-state index contributed by atoms with van der Waals surface area (Å²) in [6.07, 6.45) is 5.53. The number of hydrogen-bond donors (Lipinski definition) is 0. The Morgan fingerprint density at radius 3 is 2.63 bits per heavy atom. The number of carbonyl (C=O) groups excluding carboxylic acids is 1. The van der Waals surface area contributed by atoms with Crippen LogP contribution in [0.2, 0.25) is 0 Å². The third-order valence-corrected chi connectivity index (χ3v) is 5.05. The molecule has 0 atom stereocenters. The molecule has 0 N–H and O–H groups in total. The van der Waals surface area contributed by atoms with Crippen LogP contribution in [0.15, 0.2) is 54.9 Å². The van der Waals surface area contributed by atoms with Gasteiger partial charge in [0.05, 0.1) is 22.9 Å². The SMILES string of the molecule is CCOC1CCN(C(=O)c2cc(-c3ccncc3)nc3ccccc23)CC1. The van der Waals surface area contributed by atoms with Gasteiger partial charge in [-0.15, -0.1) is 0 Å². The van der Waals surface area contributed by atoms with Crippen molar-refractivity contribution in [1.29, 1.82) is 0 Å². The summed E-state index contributed by atoms with van der Waals surface area (Å²) >= 11 is 0. The van der Waals surface area contributed by atoms with Crippen molar-refractivity contribution in [2.24, 2.45) is 0 Å². The second kappa shape index (κ2) is 7.84. The van der Waals surface area contributed by atoms with E-state index in [1.54, 1.807) is 12.4 Å². The molecule has 5 heteroatoms. The van der Waals surface area contributed by atoms with Gasteiger partial charge in [-0.2, -0.15) is 0 Å². The molecule has 1 amide bonds. The lowest BCUT2D eigenvalue weighted by Crippen LogP contribution is -2.41. The van der Waals surface area contributed by atoms with E-state index in [4.69, 9.17) is 9.72 Å². The third-order valence-electron chi connectivity index (χ3n) is 5.05. The number of pyridine rings is 2. The van der Waals surface area contributed by atoms with Gasteiger partial charge in [-0.05, 0) is 44.0 Å². The zero-order chi connectivity index (χ0) is 18.6. The van der Waals surface area contributed by atoms with E-state index >= 15 is 0 Å². The smallest absolute Gasteiger partial charge is 0.254 e. The van der Waals surface area contributed by atoms with E-state index < -0.39 is 0 Å². The Labute approximate surface area is 159 Å². The molecule has 4 rings (SSSR count). The highest BCUT2D eigenvalue weighted by molar-refractivity contribution is 6.07. The number of amides is 1. The maximum absolute atomic E-state index is 13.3. The standard InChI is InChI=1S/C22H23N3O2/c1-2-27-17-9-13-25(14-10-17)22(26)19-15-21(16-7-11-23-12-8-16)24-20-6-4-3-5-18(19)20/h3-8,11-12,15,17H,2,9-10,13-14H2,1H3. The quantitative estimate of drug-likeness (QED) is 0.706. The predicted molar refractivity (Wildman–Crippen MR) is 106 cm³/mol. The molecule has 0 bridgehead atoms. The summed E-state index contributed by atoms with van der Waals surface area (Å²) in [5.41, 5.74) is 3.30. The lowest BCUT2D eigenvalue weighted by Gasteiger charge is -2.32. The topological polar surface area (TPSA) is 55.3 Å². The van der Waals surface area contributed by atoms with Crippen molar-refractivity contribution >= 4 is 16.8 Å². The van der Waals surface area contributed by atoms with E-state index in [2.05, 4.69) is 4.98 Å². The zero-order valence-electron chi connectivity index (χ0n) is 15.5. The lowest BCUT2D eigenvalue weighted by atomic mass is 10.0. The number of aromatic nitrogens is 2. The van der Waals surface area contributed by atoms with Crippen LogP contribution >= 0.6 is 0 Å². The van der Waals surface area contributed by atoms with Gasteiger partial charge in [0.25, 0.3) is 5.91 Å². The van der Waals surface area contributed by atoms with E-state index in [-0.39, 0.29) is 12.0 Å². The van der Waals surface area contributed by atoms with Crippen LogP contribution in [0, 0.1) is 0 Å². The fraction of sp³-hybridized carbons (Fsp3) is 0.318. The average molecular weight is 361 g/mol. The molecular weight excluding hydrogens is 338 g/mol. The number of ether oxygens (including phenoxy) is 1. The van der Waals surface area contributed by atoms with Crippen molar-refractivity contribution in [2.75, 3.05) is 19.7 Å². The highest BCUT2D eigenvalue weighted by atomic mass is 16.5. The molecule has 2 aromatic heterocycles. The van der Waals surface area contributed by atoms with Crippen molar-refractivity contribution in [3.05, 3.63) is 60.4 Å². The Kier molecular flexibility index (Phi) is 5.12. The summed E-state index contributed by atoms with van der Waals surface area (Å²) in [7, 11) is 0. The van der Waals surface area contributed by atoms with Crippen molar-refractivity contribution < 1.29 is 9.53 Å². The number of hydrogen-bond acceptors (Lipinski definition) is 4. The van der Waals surface area contributed by atoms with Crippen LogP contribution in [0.3, 0.4) is 0 Å². The van der Waals surface area contributed by atoms with Crippen molar-refractivity contribution in [2.45, 2.75) is 25.9 Å². The number of fused-ring (bicyclic) bond motifs is 1. The molecule has 0 aliphatic carbocycles. The normalized spacial score (nSPS) is 15.2. The number of nitrogens with zero attached hydrogens (tertiary/aromatic N) is 3. The Morgan fingerprint density at radius 2 is 1.89 bits per heavy atom. The van der Waals surface area contributed by atoms with Gasteiger partial charge in [0, 0.05) is 43.0 Å². The molecular formula is C22H23N3O2. The lowest BCUT2D eigenvalue weighted by molar-refractivity contribution is 0.0146. The van der Waals surface area contributed by atoms with Crippen molar-refractivity contribution in [1.82, 2.24) is 14.9 Å². The first-order valence-corrected chi connectivity index (χ1v) is 9.47. The van der Waals surface area contributed by atoms with Crippen LogP contribution in [0.25, 0.3) is 22.2 Å². The Bertz CT molecular complexity index is 935. The first kappa shape index (κ1) is 17.6. The van der Waals surface area contributed by atoms with Gasteiger partial charge in [0.2, 0.25) is 0 Å². The van der Waals surface area contributed by atoms with E-state index in [0.29, 0.717) is 5.56 Å². The van der Waals surface area contributed by atoms with Crippen LogP contribution in [-0.2, 0) is 4.74 Å². The molecule has 0 saturated carbocycles. The molecule has 3 heterocycles. The molecule has 1 fully saturated rings. The monoisotopic (exact) mass is 361 g/mol. The van der Waals surface area contributed by atoms with Gasteiger partial charge in [-0.1, -0.05) is 18.2 Å². The summed E-state index contributed by atoms with van der Waals surface area (Å²) in [5.74, 6) is 0.0684. The fourth-order valence-electron chi connectivity index (χ4n) is 3.65. The molecule has 1 aromatic carbocycles. The van der Waals surface area contributed by atoms with Crippen LogP contribution in [0.1, 0.15) is 30.1 Å². The van der Waals surface area contributed by atoms with E-state index in [9.17, 15) is 4.79 Å². The number of carbonyl (C=O) groups is 1. The van der Waals surface area contributed by atoms with Crippen LogP contribution < -0.4 is 0 Å². The van der Waals surface area contributed by atoms with Gasteiger partial charge in [-0.3, -0.25) is 9.78 Å². The maximum Gasteiger partial charge on any atom is 0.254 e. The summed E-state index contributed by atoms with van der Waals surface area (Å²) in [4.78, 5) is 24.1. The molecule has 1 aliphatic rings. The summed E-state index contributed by atoms with van der Waals surface area (Å²) in [6, 6.07) is 13.6. The molecule has 0 radical (unpaired) electrons. The summed E-state index contributed by atoms with van der Waals surface area (Å²) in [6.45, 7) is 4.19. The Morgan fingerprint density at radius 1 is 1.15 bits per heavy atom. The van der Waals surface area contributed by atoms with Crippen molar-refractivity contribution in [3.8, 4) is 11.3 Å². The first-order valence-electron chi connectivity index (χ1n) is 9.47. The van der Waals surface area contributed by atoms with Crippen LogP contribution in [-0.4, -0.2) is 46.6 Å². The van der Waals surface area contributed by atoms with Gasteiger partial charge < -0.3 is 9.64 Å². The molecule has 1 saturated heterocycles. The van der Waals surface area contributed by atoms with Gasteiger partial charge >= 0.3 is 0 Å². The predicted octanol–water partition coefficient (Wildman–Crippen LogP) is 3.94. The molecule has 138 valence electrons. The van der Waals surface area contributed by atoms with Gasteiger partial charge in [0.15, 0.2) is 0 Å². The molecule has 1 aliphatic heterocycles. The summed E-state index contributed by atoms with van der Waals surface area (Å²) in [5, 5.41) is 0.896. The highest BCUT2D eigenvalue weighted by Gasteiger charge is 2.25. The molecule has 0 spiro atoms. The number of piperidine rings is 1. The van der Waals surface area contributed by atoms with Gasteiger partial charge in [-0.25, -0.2) is 4.98 Å². The molecule has 3 aromatic rings. The second-order valence-corrected chi connectivity index (χ2v) is 6.75. The second-order valence-electron chi connectivity index (χ2n) is 6.75. The van der Waals surface area contributed by atoms with Gasteiger partial charge in [0.1, 0.15) is 0 Å². The Balaban J connectivity index is 1.69. The van der Waals surface area contributed by atoms with E-state index in [0.717, 1.165) is 54.7 Å². The van der Waals surface area contributed by atoms with Crippen LogP contribution in [0.5, 0.6) is 0 Å². The minimum Gasteiger partial charge on any atom is -0.378 e. The molecule has 5 nitrogen and oxygen atoms in total. The average Bonchev–Trinajstić information content (AvgIpc) is 2.74. The number of para-hydroxylation sites is 1. The third kappa shape index (κ3) is 3.69. The first-order chi connectivity index (χ1) is 13.3. The molecule has 0 unspecified atom stereocenters. The Hall–Kier alpha value is -2.79.